The summed E-state index contributed by atoms with van der Waals surface area (Å²) < 4.78 is 6.65. The van der Waals surface area contributed by atoms with Crippen molar-refractivity contribution in [1.29, 1.82) is 0 Å². The molecule has 1 aliphatic rings. The molecule has 0 amide bonds. The van der Waals surface area contributed by atoms with Crippen LogP contribution in [0.1, 0.15) is 46.9 Å². The summed E-state index contributed by atoms with van der Waals surface area (Å²) in [6.45, 7) is 4.21. The maximum absolute atomic E-state index is 11.4. The van der Waals surface area contributed by atoms with E-state index in [-0.39, 0.29) is 22.6 Å². The largest absolute Gasteiger partial charge is 0.461 e. The fraction of sp³-hybridized carbons (Fsp3) is 0.118. The highest BCUT2D eigenvalue weighted by atomic mass is 16.6. The Hall–Kier alpha value is -4.90. The van der Waals surface area contributed by atoms with Gasteiger partial charge in [-0.2, -0.15) is 0 Å². The number of nitro groups is 1. The molecule has 0 saturated heterocycles. The van der Waals surface area contributed by atoms with Gasteiger partial charge in [-0.1, -0.05) is 91.0 Å². The predicted molar refractivity (Wildman–Crippen MR) is 155 cm³/mol. The van der Waals surface area contributed by atoms with Gasteiger partial charge in [0.25, 0.3) is 5.69 Å². The maximum Gasteiger partial charge on any atom is 0.269 e. The highest BCUT2D eigenvalue weighted by Gasteiger charge is 2.38. The number of non-ortho nitro benzene ring substituents is 1. The molecule has 192 valence electrons. The number of furan rings is 1. The van der Waals surface area contributed by atoms with E-state index >= 15 is 0 Å². The Kier molecular flexibility index (Phi) is 6.33. The van der Waals surface area contributed by atoms with Crippen molar-refractivity contribution in [2.24, 2.45) is 0 Å². The molecule has 5 heteroatoms. The van der Waals surface area contributed by atoms with Gasteiger partial charge in [-0.25, -0.2) is 0 Å². The van der Waals surface area contributed by atoms with E-state index in [2.05, 4.69) is 73.5 Å². The molecule has 2 atom stereocenters. The van der Waals surface area contributed by atoms with Crippen LogP contribution in [-0.4, -0.2) is 4.92 Å². The number of allylic oxidation sites excluding steroid dienone is 1. The van der Waals surface area contributed by atoms with E-state index in [1.54, 1.807) is 12.1 Å². The number of rotatable bonds is 5. The van der Waals surface area contributed by atoms with Gasteiger partial charge in [0.1, 0.15) is 11.5 Å². The van der Waals surface area contributed by atoms with Crippen LogP contribution in [0.25, 0.3) is 11.3 Å². The minimum atomic E-state index is -0.363. The first kappa shape index (κ1) is 24.4. The lowest BCUT2D eigenvalue weighted by molar-refractivity contribution is -0.384. The first-order chi connectivity index (χ1) is 19.0. The summed E-state index contributed by atoms with van der Waals surface area (Å²) in [5, 5.41) is 11.4. The third kappa shape index (κ3) is 4.42. The molecular weight excluding hydrogens is 484 g/mol. The van der Waals surface area contributed by atoms with Crippen molar-refractivity contribution in [3.8, 4) is 11.3 Å². The second kappa shape index (κ2) is 10.1. The predicted octanol–water partition coefficient (Wildman–Crippen LogP) is 8.81. The molecule has 0 bridgehead atoms. The number of fused-ring (bicyclic) bond motifs is 1. The van der Waals surface area contributed by atoms with Gasteiger partial charge in [-0.05, 0) is 42.7 Å². The topological polar surface area (TPSA) is 59.5 Å². The first-order valence-electron chi connectivity index (χ1n) is 13.0. The zero-order valence-corrected chi connectivity index (χ0v) is 21.8. The van der Waals surface area contributed by atoms with E-state index in [1.807, 2.05) is 54.6 Å². The monoisotopic (exact) mass is 512 g/mol. The third-order valence-electron chi connectivity index (χ3n) is 7.45. The van der Waals surface area contributed by atoms with E-state index in [0.717, 1.165) is 45.0 Å². The number of hydrogen-bond donors (Lipinski definition) is 0. The lowest BCUT2D eigenvalue weighted by Gasteiger charge is -2.31. The van der Waals surface area contributed by atoms with Crippen LogP contribution in [0, 0.1) is 17.0 Å². The molecule has 5 aromatic rings. The summed E-state index contributed by atoms with van der Waals surface area (Å²) in [4.78, 5) is 13.3. The fourth-order valence-corrected chi connectivity index (χ4v) is 5.75. The molecule has 0 saturated carbocycles. The van der Waals surface area contributed by atoms with Crippen molar-refractivity contribution < 1.29 is 9.34 Å². The Morgan fingerprint density at radius 3 is 1.87 bits per heavy atom. The van der Waals surface area contributed by atoms with Crippen molar-refractivity contribution in [3.63, 3.8) is 0 Å². The highest BCUT2D eigenvalue weighted by Crippen LogP contribution is 2.50. The smallest absolute Gasteiger partial charge is 0.269 e. The summed E-state index contributed by atoms with van der Waals surface area (Å²) >= 11 is 0. The average molecular weight is 513 g/mol. The number of anilines is 1. The molecule has 0 spiro atoms. The van der Waals surface area contributed by atoms with E-state index in [4.69, 9.17) is 4.42 Å². The standard InChI is InChI=1S/C34H28N2O3/c1-23-22-35(28-18-20-29(21-19-28)36(37)38)33(26-14-8-4-9-15-26)32-31(30(23)25-12-6-3-7-13-25)24(2)39-34(32)27-16-10-5-11-17-27/h3-22,30,33H,1-2H3/t30-,33-/m1/s1. The third-order valence-corrected chi connectivity index (χ3v) is 7.45. The minimum Gasteiger partial charge on any atom is -0.461 e. The maximum atomic E-state index is 11.4. The molecule has 0 aliphatic carbocycles. The van der Waals surface area contributed by atoms with Gasteiger partial charge in [0.05, 0.1) is 11.0 Å². The molecule has 5 nitrogen and oxygen atoms in total. The number of hydrogen-bond acceptors (Lipinski definition) is 4. The second-order valence-corrected chi connectivity index (χ2v) is 9.89. The molecule has 6 rings (SSSR count). The summed E-state index contributed by atoms with van der Waals surface area (Å²) in [6.07, 6.45) is 2.20. The van der Waals surface area contributed by atoms with Gasteiger partial charge in [-0.15, -0.1) is 0 Å². The summed E-state index contributed by atoms with van der Waals surface area (Å²) in [7, 11) is 0. The van der Waals surface area contributed by atoms with Crippen LogP contribution in [-0.2, 0) is 0 Å². The van der Waals surface area contributed by atoms with Crippen LogP contribution in [0.15, 0.2) is 131 Å². The molecule has 0 N–H and O–H groups in total. The molecule has 39 heavy (non-hydrogen) atoms. The van der Waals surface area contributed by atoms with E-state index in [0.29, 0.717) is 0 Å². The normalized spacial score (nSPS) is 16.8. The number of benzene rings is 4. The fourth-order valence-electron chi connectivity index (χ4n) is 5.75. The molecule has 4 aromatic carbocycles. The lowest BCUT2D eigenvalue weighted by Crippen LogP contribution is -2.24. The van der Waals surface area contributed by atoms with Crippen molar-refractivity contribution in [1.82, 2.24) is 0 Å². The van der Waals surface area contributed by atoms with Crippen molar-refractivity contribution in [3.05, 3.63) is 165 Å². The minimum absolute atomic E-state index is 0.0170. The number of nitrogens with zero attached hydrogens (tertiary/aromatic N) is 2. The molecule has 1 aromatic heterocycles. The zero-order chi connectivity index (χ0) is 26.9. The van der Waals surface area contributed by atoms with Crippen molar-refractivity contribution in [2.75, 3.05) is 4.90 Å². The number of nitro benzene ring substituents is 1. The van der Waals surface area contributed by atoms with Crippen LogP contribution in [0.3, 0.4) is 0 Å². The highest BCUT2D eigenvalue weighted by molar-refractivity contribution is 5.72. The van der Waals surface area contributed by atoms with Crippen molar-refractivity contribution >= 4 is 11.4 Å². The molecule has 0 unspecified atom stereocenters. The lowest BCUT2D eigenvalue weighted by atomic mass is 9.81. The Labute approximate surface area is 227 Å². The molecule has 0 radical (unpaired) electrons. The van der Waals surface area contributed by atoms with E-state index in [9.17, 15) is 10.1 Å². The van der Waals surface area contributed by atoms with Gasteiger partial charge in [0, 0.05) is 46.6 Å². The Morgan fingerprint density at radius 1 is 0.718 bits per heavy atom. The van der Waals surface area contributed by atoms with E-state index < -0.39 is 0 Å². The zero-order valence-electron chi connectivity index (χ0n) is 21.8. The van der Waals surface area contributed by atoms with Gasteiger partial charge in [0.15, 0.2) is 0 Å². The first-order valence-corrected chi connectivity index (χ1v) is 13.0. The van der Waals surface area contributed by atoms with Gasteiger partial charge < -0.3 is 9.32 Å². The Bertz CT molecular complexity index is 1640. The summed E-state index contributed by atoms with van der Waals surface area (Å²) in [5.74, 6) is 1.71. The van der Waals surface area contributed by atoms with Crippen LogP contribution >= 0.6 is 0 Å². The van der Waals surface area contributed by atoms with Gasteiger partial charge >= 0.3 is 0 Å². The molecule has 1 aliphatic heterocycles. The second-order valence-electron chi connectivity index (χ2n) is 9.89. The average Bonchev–Trinajstić information content (AvgIpc) is 3.23. The summed E-state index contributed by atoms with van der Waals surface area (Å²) in [5.41, 5.74) is 7.66. The van der Waals surface area contributed by atoms with Crippen molar-refractivity contribution in [2.45, 2.75) is 25.8 Å². The van der Waals surface area contributed by atoms with Gasteiger partial charge in [-0.3, -0.25) is 10.1 Å². The van der Waals surface area contributed by atoms with Crippen LogP contribution in [0.4, 0.5) is 11.4 Å². The van der Waals surface area contributed by atoms with Crippen LogP contribution in [0.2, 0.25) is 0 Å². The summed E-state index contributed by atoms with van der Waals surface area (Å²) in [6, 6.07) is 37.7. The molecule has 2 heterocycles. The Morgan fingerprint density at radius 2 is 1.28 bits per heavy atom. The van der Waals surface area contributed by atoms with Gasteiger partial charge in [0.2, 0.25) is 0 Å². The SMILES string of the molecule is CC1=CN(c2ccc([N+](=O)[O-])cc2)[C@H](c2ccccc2)c2c(-c3ccccc3)oc(C)c2[C@H]1c1ccccc1. The quantitative estimate of drug-likeness (QED) is 0.174. The molecular formula is C34H28N2O3. The molecule has 0 fully saturated rings. The van der Waals surface area contributed by atoms with E-state index in [1.165, 1.54) is 5.56 Å². The van der Waals surface area contributed by atoms with Crippen LogP contribution < -0.4 is 4.90 Å². The Balaban J connectivity index is 1.68. The number of aryl methyl sites for hydroxylation is 1. The van der Waals surface area contributed by atoms with Crippen LogP contribution in [0.5, 0.6) is 0 Å².